The Labute approximate surface area is 214 Å². The molecule has 0 amide bonds. The standard InChI is InChI=1S/C27H15F6NO5/c28-26(29,30)16-9-15(10-17(11-16)27(31,32)33)22-12-18(34-39-22)13-37-25-23(14-5-7-19(35)8-6-14)24(36)20-3-1-2-4-21(20)38-25/h1-12,35H,13H2. The van der Waals surface area contributed by atoms with Gasteiger partial charge in [-0.1, -0.05) is 29.4 Å². The first kappa shape index (κ1) is 25.9. The number of hydrogen-bond acceptors (Lipinski definition) is 6. The Morgan fingerprint density at radius 3 is 2.10 bits per heavy atom. The van der Waals surface area contributed by atoms with Crippen molar-refractivity contribution < 1.29 is 45.1 Å². The van der Waals surface area contributed by atoms with Crippen LogP contribution in [0.1, 0.15) is 16.8 Å². The first-order valence-electron chi connectivity index (χ1n) is 11.1. The number of aromatic nitrogens is 1. The third kappa shape index (κ3) is 5.31. The van der Waals surface area contributed by atoms with Gasteiger partial charge in [-0.25, -0.2) is 0 Å². The average molecular weight is 547 g/mol. The Morgan fingerprint density at radius 1 is 0.821 bits per heavy atom. The van der Waals surface area contributed by atoms with Crippen LogP contribution in [0.5, 0.6) is 11.7 Å². The van der Waals surface area contributed by atoms with Crippen molar-refractivity contribution in [3.8, 4) is 34.1 Å². The molecule has 0 aliphatic carbocycles. The molecule has 1 N–H and O–H groups in total. The first-order chi connectivity index (χ1) is 18.4. The molecule has 3 aromatic carbocycles. The molecule has 0 atom stereocenters. The number of fused-ring (bicyclic) bond motifs is 1. The molecule has 2 aromatic heterocycles. The number of benzene rings is 3. The van der Waals surface area contributed by atoms with Gasteiger partial charge in [0.05, 0.1) is 16.5 Å². The van der Waals surface area contributed by atoms with E-state index in [1.165, 1.54) is 24.3 Å². The highest BCUT2D eigenvalue weighted by molar-refractivity contribution is 5.84. The summed E-state index contributed by atoms with van der Waals surface area (Å²) in [4.78, 5) is 13.2. The fourth-order valence-corrected chi connectivity index (χ4v) is 3.85. The maximum Gasteiger partial charge on any atom is 0.416 e. The fourth-order valence-electron chi connectivity index (χ4n) is 3.85. The minimum atomic E-state index is -5.03. The number of phenolic OH excluding ortho intramolecular Hbond substituents is 1. The van der Waals surface area contributed by atoms with Crippen molar-refractivity contribution >= 4 is 11.0 Å². The average Bonchev–Trinajstić information content (AvgIpc) is 3.36. The molecule has 0 fully saturated rings. The van der Waals surface area contributed by atoms with E-state index in [0.717, 1.165) is 6.07 Å². The van der Waals surface area contributed by atoms with Crippen molar-refractivity contribution in [2.75, 3.05) is 0 Å². The molecule has 0 aliphatic rings. The minimum absolute atomic E-state index is 0.00318. The number of aromatic hydroxyl groups is 1. The zero-order chi connectivity index (χ0) is 27.9. The van der Waals surface area contributed by atoms with Gasteiger partial charge in [0.15, 0.2) is 5.76 Å². The monoisotopic (exact) mass is 547 g/mol. The van der Waals surface area contributed by atoms with Crippen molar-refractivity contribution in [1.82, 2.24) is 5.16 Å². The van der Waals surface area contributed by atoms with Crippen LogP contribution in [-0.2, 0) is 19.0 Å². The van der Waals surface area contributed by atoms with Crippen LogP contribution in [0.3, 0.4) is 0 Å². The molecular weight excluding hydrogens is 532 g/mol. The van der Waals surface area contributed by atoms with Crippen molar-refractivity contribution in [1.29, 1.82) is 0 Å². The number of phenols is 1. The molecule has 0 unspecified atom stereocenters. The predicted octanol–water partition coefficient (Wildman–Crippen LogP) is 7.44. The molecule has 0 saturated carbocycles. The van der Waals surface area contributed by atoms with Crippen molar-refractivity contribution in [2.45, 2.75) is 19.0 Å². The Bertz CT molecular complexity index is 1690. The van der Waals surface area contributed by atoms with Crippen LogP contribution in [0, 0.1) is 0 Å². The van der Waals surface area contributed by atoms with Crippen LogP contribution in [0.25, 0.3) is 33.4 Å². The van der Waals surface area contributed by atoms with Gasteiger partial charge in [0.25, 0.3) is 5.95 Å². The maximum absolute atomic E-state index is 13.2. The summed E-state index contributed by atoms with van der Waals surface area (Å²) in [6.07, 6.45) is -10.1. The van der Waals surface area contributed by atoms with Crippen LogP contribution in [-0.4, -0.2) is 10.3 Å². The van der Waals surface area contributed by atoms with Crippen LogP contribution in [0.2, 0.25) is 0 Å². The molecule has 0 spiro atoms. The van der Waals surface area contributed by atoms with E-state index in [1.54, 1.807) is 24.3 Å². The van der Waals surface area contributed by atoms with Gasteiger partial charge in [-0.15, -0.1) is 0 Å². The molecule has 39 heavy (non-hydrogen) atoms. The Kier molecular flexibility index (Phi) is 6.33. The van der Waals surface area contributed by atoms with E-state index in [1.807, 2.05) is 0 Å². The second-order valence-electron chi connectivity index (χ2n) is 8.40. The van der Waals surface area contributed by atoms with E-state index in [2.05, 4.69) is 5.16 Å². The largest absolute Gasteiger partial charge is 0.508 e. The minimum Gasteiger partial charge on any atom is -0.508 e. The third-order valence-corrected chi connectivity index (χ3v) is 5.70. The van der Waals surface area contributed by atoms with Gasteiger partial charge in [0.1, 0.15) is 29.2 Å². The van der Waals surface area contributed by atoms with E-state index in [9.17, 15) is 36.2 Å². The highest BCUT2D eigenvalue weighted by Gasteiger charge is 2.37. The second-order valence-corrected chi connectivity index (χ2v) is 8.40. The lowest BCUT2D eigenvalue weighted by Gasteiger charge is -2.13. The molecule has 12 heteroatoms. The van der Waals surface area contributed by atoms with Gasteiger partial charge in [-0.2, -0.15) is 26.3 Å². The Balaban J connectivity index is 1.50. The summed E-state index contributed by atoms with van der Waals surface area (Å²) in [5.41, 5.74) is -3.30. The zero-order valence-electron chi connectivity index (χ0n) is 19.4. The van der Waals surface area contributed by atoms with Gasteiger partial charge >= 0.3 is 12.4 Å². The molecule has 0 bridgehead atoms. The first-order valence-corrected chi connectivity index (χ1v) is 11.1. The summed E-state index contributed by atoms with van der Waals surface area (Å²) in [5, 5.41) is 13.5. The quantitative estimate of drug-likeness (QED) is 0.230. The number of alkyl halides is 6. The van der Waals surface area contributed by atoms with Gasteiger partial charge in [-0.3, -0.25) is 4.79 Å². The van der Waals surface area contributed by atoms with E-state index in [0.29, 0.717) is 17.7 Å². The lowest BCUT2D eigenvalue weighted by Crippen LogP contribution is -2.11. The highest BCUT2D eigenvalue weighted by atomic mass is 19.4. The normalized spacial score (nSPS) is 12.2. The topological polar surface area (TPSA) is 85.7 Å². The molecule has 200 valence electrons. The summed E-state index contributed by atoms with van der Waals surface area (Å²) in [5.74, 6) is -0.610. The van der Waals surface area contributed by atoms with Crippen molar-refractivity contribution in [2.24, 2.45) is 0 Å². The molecule has 0 radical (unpaired) electrons. The van der Waals surface area contributed by atoms with Gasteiger partial charge in [0, 0.05) is 11.6 Å². The second kappa shape index (κ2) is 9.53. The number of ether oxygens (including phenoxy) is 1. The summed E-state index contributed by atoms with van der Waals surface area (Å²) in [7, 11) is 0. The van der Waals surface area contributed by atoms with Gasteiger partial charge < -0.3 is 18.8 Å². The number of nitrogens with zero attached hydrogens (tertiary/aromatic N) is 1. The molecule has 6 nitrogen and oxygen atoms in total. The molecule has 5 aromatic rings. The third-order valence-electron chi connectivity index (χ3n) is 5.70. The Morgan fingerprint density at radius 2 is 1.46 bits per heavy atom. The fraction of sp³-hybridized carbons (Fsp3) is 0.111. The van der Waals surface area contributed by atoms with E-state index in [-0.39, 0.29) is 45.7 Å². The summed E-state index contributed by atoms with van der Waals surface area (Å²) >= 11 is 0. The van der Waals surface area contributed by atoms with E-state index < -0.39 is 41.1 Å². The summed E-state index contributed by atoms with van der Waals surface area (Å²) in [6, 6.07) is 14.2. The SMILES string of the molecule is O=c1c(-c2ccc(O)cc2)c(OCc2cc(-c3cc(C(F)(F)F)cc(C(F)(F)F)c3)on2)oc2ccccc12. The van der Waals surface area contributed by atoms with Crippen molar-refractivity contribution in [3.05, 3.63) is 99.8 Å². The Hall–Kier alpha value is -4.74. The lowest BCUT2D eigenvalue weighted by molar-refractivity contribution is -0.143. The smallest absolute Gasteiger partial charge is 0.416 e. The zero-order valence-corrected chi connectivity index (χ0v) is 19.4. The summed E-state index contributed by atoms with van der Waals surface area (Å²) in [6.45, 7) is -0.402. The van der Waals surface area contributed by atoms with Gasteiger partial charge in [-0.05, 0) is 48.0 Å². The highest BCUT2D eigenvalue weighted by Crippen LogP contribution is 2.39. The number of hydrogen-bond donors (Lipinski definition) is 1. The molecule has 0 aliphatic heterocycles. The van der Waals surface area contributed by atoms with Crippen LogP contribution < -0.4 is 10.2 Å². The van der Waals surface area contributed by atoms with Gasteiger partial charge in [0.2, 0.25) is 5.43 Å². The molecule has 5 rings (SSSR count). The van der Waals surface area contributed by atoms with E-state index >= 15 is 0 Å². The maximum atomic E-state index is 13.2. The number of para-hydroxylation sites is 1. The number of rotatable bonds is 5. The van der Waals surface area contributed by atoms with Crippen LogP contribution >= 0.6 is 0 Å². The molecular formula is C27H15F6NO5. The van der Waals surface area contributed by atoms with E-state index in [4.69, 9.17) is 13.7 Å². The molecule has 0 saturated heterocycles. The van der Waals surface area contributed by atoms with Crippen LogP contribution in [0.15, 0.2) is 86.5 Å². The lowest BCUT2D eigenvalue weighted by atomic mass is 10.0. The summed E-state index contributed by atoms with van der Waals surface area (Å²) < 4.78 is 95.8. The molecule has 2 heterocycles. The van der Waals surface area contributed by atoms with Crippen molar-refractivity contribution in [3.63, 3.8) is 0 Å². The predicted molar refractivity (Wildman–Crippen MR) is 126 cm³/mol. The number of halogens is 6. The van der Waals surface area contributed by atoms with Crippen LogP contribution in [0.4, 0.5) is 26.3 Å².